The van der Waals surface area contributed by atoms with Gasteiger partial charge in [-0.05, 0) is 66.0 Å². The fourth-order valence-corrected chi connectivity index (χ4v) is 4.68. The lowest BCUT2D eigenvalue weighted by Crippen LogP contribution is -2.54. The maximum absolute atomic E-state index is 13.3. The second-order valence-electron chi connectivity index (χ2n) is 10.7. The van der Waals surface area contributed by atoms with E-state index in [2.05, 4.69) is 46.0 Å². The molecule has 0 saturated carbocycles. The minimum absolute atomic E-state index is 0.0350. The third-order valence-electron chi connectivity index (χ3n) is 6.51. The van der Waals surface area contributed by atoms with Crippen molar-refractivity contribution in [3.05, 3.63) is 69.9 Å². The Labute approximate surface area is 212 Å². The van der Waals surface area contributed by atoms with E-state index in [-0.39, 0.29) is 28.7 Å². The zero-order valence-corrected chi connectivity index (χ0v) is 22.3. The Bertz CT molecular complexity index is 1170. The summed E-state index contributed by atoms with van der Waals surface area (Å²) < 4.78 is 5.25. The third kappa shape index (κ3) is 5.64. The topological polar surface area (TPSA) is 78.9 Å². The summed E-state index contributed by atoms with van der Waals surface area (Å²) in [5, 5.41) is 13.2. The summed E-state index contributed by atoms with van der Waals surface area (Å²) in [5.74, 6) is -0.791. The fraction of sp³-hybridized carbons (Fsp3) is 0.429. The number of carbonyl (C=O) groups excluding carboxylic acids is 1. The molecule has 1 heterocycles. The van der Waals surface area contributed by atoms with Crippen LogP contribution in [-0.2, 0) is 12.0 Å². The minimum atomic E-state index is -1.09. The van der Waals surface area contributed by atoms with E-state index in [0.717, 1.165) is 29.5 Å². The Morgan fingerprint density at radius 3 is 2.43 bits per heavy atom. The number of carbonyl (C=O) groups is 2. The first-order valence-corrected chi connectivity index (χ1v) is 12.2. The second kappa shape index (κ2) is 9.94. The molecule has 2 N–H and O–H groups in total. The van der Waals surface area contributed by atoms with E-state index in [9.17, 15) is 14.7 Å². The number of urea groups is 1. The van der Waals surface area contributed by atoms with Gasteiger partial charge < -0.3 is 15.2 Å². The van der Waals surface area contributed by atoms with Gasteiger partial charge in [0.15, 0.2) is 0 Å². The summed E-state index contributed by atoms with van der Waals surface area (Å²) in [6.07, 6.45) is 3.75. The number of carboxylic acids is 1. The van der Waals surface area contributed by atoms with Crippen LogP contribution in [0.5, 0.6) is 5.75 Å². The van der Waals surface area contributed by atoms with Crippen molar-refractivity contribution in [2.75, 3.05) is 12.0 Å². The van der Waals surface area contributed by atoms with Crippen LogP contribution < -0.4 is 15.0 Å². The molecule has 2 aromatic carbocycles. The Morgan fingerprint density at radius 1 is 1.20 bits per heavy atom. The Morgan fingerprint density at radius 2 is 1.89 bits per heavy atom. The van der Waals surface area contributed by atoms with Crippen molar-refractivity contribution in [3.63, 3.8) is 0 Å². The number of anilines is 1. The molecule has 1 aliphatic heterocycles. The first-order chi connectivity index (χ1) is 16.3. The van der Waals surface area contributed by atoms with E-state index in [0.29, 0.717) is 10.7 Å². The zero-order valence-electron chi connectivity index (χ0n) is 21.5. The number of ether oxygens (including phenoxy) is 1. The van der Waals surface area contributed by atoms with Crippen molar-refractivity contribution in [3.8, 4) is 5.75 Å². The summed E-state index contributed by atoms with van der Waals surface area (Å²) in [7, 11) is 1.41. The van der Waals surface area contributed by atoms with E-state index in [1.54, 1.807) is 12.1 Å². The number of benzene rings is 2. The van der Waals surface area contributed by atoms with E-state index in [4.69, 9.17) is 16.3 Å². The molecule has 6 nitrogen and oxygen atoms in total. The molecule has 1 aliphatic rings. The van der Waals surface area contributed by atoms with Crippen LogP contribution in [0, 0.1) is 11.3 Å². The van der Waals surface area contributed by atoms with Crippen molar-refractivity contribution in [2.24, 2.45) is 11.3 Å². The number of nitrogens with zero attached hydrogens (tertiary/aromatic N) is 1. The van der Waals surface area contributed by atoms with Crippen LogP contribution in [-0.4, -0.2) is 24.2 Å². The number of carboxylic acid groups (broad SMARTS) is 1. The number of methoxy groups -OCH3 is 1. The molecule has 0 aliphatic carbocycles. The Kier molecular flexibility index (Phi) is 7.56. The molecule has 35 heavy (non-hydrogen) atoms. The Balaban J connectivity index is 2.01. The molecule has 0 fully saturated rings. The maximum Gasteiger partial charge on any atom is 0.339 e. The van der Waals surface area contributed by atoms with Crippen LogP contribution in [0.15, 0.2) is 48.2 Å². The number of halogens is 1. The van der Waals surface area contributed by atoms with Crippen molar-refractivity contribution in [1.82, 2.24) is 5.32 Å². The molecule has 7 heteroatoms. The van der Waals surface area contributed by atoms with E-state index in [1.807, 2.05) is 25.3 Å². The van der Waals surface area contributed by atoms with Gasteiger partial charge in [0.1, 0.15) is 11.3 Å². The number of hydrogen-bond acceptors (Lipinski definition) is 3. The molecule has 0 spiro atoms. The van der Waals surface area contributed by atoms with Crippen molar-refractivity contribution in [2.45, 2.75) is 59.9 Å². The summed E-state index contributed by atoms with van der Waals surface area (Å²) in [6.45, 7) is 12.8. The van der Waals surface area contributed by atoms with Gasteiger partial charge in [0, 0.05) is 17.3 Å². The molecular formula is C28H35ClN2O4. The van der Waals surface area contributed by atoms with Gasteiger partial charge in [0.05, 0.1) is 18.3 Å². The van der Waals surface area contributed by atoms with Gasteiger partial charge in [-0.2, -0.15) is 0 Å². The average Bonchev–Trinajstić information content (AvgIpc) is 2.76. The maximum atomic E-state index is 13.3. The lowest BCUT2D eigenvalue weighted by molar-refractivity contribution is 0.0693. The van der Waals surface area contributed by atoms with Gasteiger partial charge in [0.25, 0.3) is 0 Å². The molecule has 2 aromatic rings. The molecular weight excluding hydrogens is 464 g/mol. The number of rotatable bonds is 7. The first kappa shape index (κ1) is 26.6. The molecule has 2 amide bonds. The third-order valence-corrected chi connectivity index (χ3v) is 6.86. The van der Waals surface area contributed by atoms with Crippen LogP contribution in [0.4, 0.5) is 10.5 Å². The number of amides is 2. The van der Waals surface area contributed by atoms with Gasteiger partial charge in [-0.15, -0.1) is 0 Å². The highest BCUT2D eigenvalue weighted by atomic mass is 35.5. The first-order valence-electron chi connectivity index (χ1n) is 11.8. The SMILES string of the molecule is COc1cc(N2C=C(C(C)C)[C@](C)(c3ccc(CCC(C)(C)C)c(Cl)c3)NC2=O)ccc1C(=O)O. The second-order valence-corrected chi connectivity index (χ2v) is 11.1. The number of aromatic carboxylic acids is 1. The van der Waals surface area contributed by atoms with Crippen LogP contribution in [0.1, 0.15) is 69.4 Å². The molecule has 188 valence electrons. The highest BCUT2D eigenvalue weighted by molar-refractivity contribution is 6.31. The van der Waals surface area contributed by atoms with E-state index < -0.39 is 11.5 Å². The lowest BCUT2D eigenvalue weighted by atomic mass is 9.78. The average molecular weight is 499 g/mol. The Hall–Kier alpha value is -2.99. The molecule has 0 radical (unpaired) electrons. The predicted molar refractivity (Wildman–Crippen MR) is 140 cm³/mol. The quantitative estimate of drug-likeness (QED) is 0.430. The highest BCUT2D eigenvalue weighted by Gasteiger charge is 2.40. The predicted octanol–water partition coefficient (Wildman–Crippen LogP) is 7.01. The monoisotopic (exact) mass is 498 g/mol. The van der Waals surface area contributed by atoms with Gasteiger partial charge in [-0.3, -0.25) is 4.90 Å². The van der Waals surface area contributed by atoms with E-state index in [1.165, 1.54) is 18.1 Å². The number of hydrogen-bond donors (Lipinski definition) is 2. The highest BCUT2D eigenvalue weighted by Crippen LogP contribution is 2.40. The van der Waals surface area contributed by atoms with Crippen molar-refractivity contribution < 1.29 is 19.4 Å². The number of aryl methyl sites for hydroxylation is 1. The van der Waals surface area contributed by atoms with Crippen LogP contribution in [0.2, 0.25) is 5.02 Å². The number of nitrogens with one attached hydrogen (secondary N) is 1. The van der Waals surface area contributed by atoms with Crippen LogP contribution in [0.3, 0.4) is 0 Å². The smallest absolute Gasteiger partial charge is 0.339 e. The summed E-state index contributed by atoms with van der Waals surface area (Å²) in [5.41, 5.74) is 3.02. The molecule has 1 atom stereocenters. The summed E-state index contributed by atoms with van der Waals surface area (Å²) >= 11 is 6.70. The summed E-state index contributed by atoms with van der Waals surface area (Å²) in [6, 6.07) is 10.3. The van der Waals surface area contributed by atoms with Gasteiger partial charge in [-0.1, -0.05) is 58.4 Å². The van der Waals surface area contributed by atoms with Gasteiger partial charge in [-0.25, -0.2) is 9.59 Å². The van der Waals surface area contributed by atoms with Crippen LogP contribution >= 0.6 is 11.6 Å². The summed E-state index contributed by atoms with van der Waals surface area (Å²) in [4.78, 5) is 26.3. The largest absolute Gasteiger partial charge is 0.496 e. The zero-order chi connectivity index (χ0) is 26.1. The molecule has 0 unspecified atom stereocenters. The van der Waals surface area contributed by atoms with Crippen LogP contribution in [0.25, 0.3) is 0 Å². The van der Waals surface area contributed by atoms with E-state index >= 15 is 0 Å². The normalized spacial score (nSPS) is 18.4. The van der Waals surface area contributed by atoms with Gasteiger partial charge in [0.2, 0.25) is 0 Å². The standard InChI is InChI=1S/C28H35ClN2O4/c1-17(2)22-16-31(20-10-11-21(25(32)33)24(15-20)35-7)26(34)30-28(22,6)19-9-8-18(23(29)14-19)12-13-27(3,4)5/h8-11,14-17H,12-13H2,1-7H3,(H,30,34)(H,32,33)/t28-/m0/s1. The molecule has 0 bridgehead atoms. The van der Waals surface area contributed by atoms with Gasteiger partial charge >= 0.3 is 12.0 Å². The van der Waals surface area contributed by atoms with Crippen molar-refractivity contribution in [1.29, 1.82) is 0 Å². The fourth-order valence-electron chi connectivity index (χ4n) is 4.41. The molecule has 3 rings (SSSR count). The molecule has 0 aromatic heterocycles. The van der Waals surface area contributed by atoms with Crippen molar-refractivity contribution >= 4 is 29.3 Å². The molecule has 0 saturated heterocycles. The lowest BCUT2D eigenvalue weighted by Gasteiger charge is -2.42. The minimum Gasteiger partial charge on any atom is -0.496 e.